The van der Waals surface area contributed by atoms with Gasteiger partial charge in [-0.3, -0.25) is 10.1 Å². The van der Waals surface area contributed by atoms with Crippen molar-refractivity contribution >= 4 is 17.7 Å². The van der Waals surface area contributed by atoms with Gasteiger partial charge in [-0.1, -0.05) is 49.4 Å². The van der Waals surface area contributed by atoms with Crippen LogP contribution in [0.25, 0.3) is 11.1 Å². The molecule has 160 valence electrons. The molecule has 1 saturated heterocycles. The molecule has 0 saturated carbocycles. The highest BCUT2D eigenvalue weighted by atomic mass is 16.6. The smallest absolute Gasteiger partial charge is 0.411 e. The van der Waals surface area contributed by atoms with Gasteiger partial charge in [-0.15, -0.1) is 0 Å². The lowest BCUT2D eigenvalue weighted by Crippen LogP contribution is -2.38. The van der Waals surface area contributed by atoms with E-state index in [-0.39, 0.29) is 12.5 Å². The Morgan fingerprint density at radius 1 is 1.13 bits per heavy atom. The maximum atomic E-state index is 12.6. The van der Waals surface area contributed by atoms with Crippen LogP contribution in [0.2, 0.25) is 0 Å². The zero-order valence-electron chi connectivity index (χ0n) is 17.5. The zero-order valence-corrected chi connectivity index (χ0v) is 17.5. The number of carbonyl (C=O) groups is 2. The molecule has 1 aliphatic heterocycles. The largest absolute Gasteiger partial charge is 0.481 e. The van der Waals surface area contributed by atoms with Gasteiger partial charge in [0, 0.05) is 25.1 Å². The van der Waals surface area contributed by atoms with Crippen molar-refractivity contribution in [2.45, 2.75) is 45.1 Å². The number of rotatable bonds is 8. The number of piperidine rings is 1. The van der Waals surface area contributed by atoms with E-state index in [0.29, 0.717) is 18.5 Å². The van der Waals surface area contributed by atoms with Gasteiger partial charge in [0.15, 0.2) is 0 Å². The minimum atomic E-state index is -0.799. The third-order valence-corrected chi connectivity index (χ3v) is 5.52. The average Bonchev–Trinajstić information content (AvgIpc) is 2.75. The van der Waals surface area contributed by atoms with Crippen molar-refractivity contribution in [2.75, 3.05) is 25.0 Å². The van der Waals surface area contributed by atoms with Gasteiger partial charge in [0.25, 0.3) is 0 Å². The maximum Gasteiger partial charge on any atom is 0.411 e. The third-order valence-electron chi connectivity index (χ3n) is 5.52. The Kier molecular flexibility index (Phi) is 7.85. The number of aliphatic carboxylic acids is 1. The number of carboxylic acids is 1. The van der Waals surface area contributed by atoms with Crippen LogP contribution in [0.5, 0.6) is 0 Å². The van der Waals surface area contributed by atoms with Crippen molar-refractivity contribution in [1.29, 1.82) is 0 Å². The van der Waals surface area contributed by atoms with Crippen LogP contribution in [0.1, 0.15) is 38.2 Å². The summed E-state index contributed by atoms with van der Waals surface area (Å²) in [5.74, 6) is -0.799. The number of hydrogen-bond acceptors (Lipinski definition) is 4. The number of likely N-dealkylation sites (tertiary alicyclic amines) is 1. The highest BCUT2D eigenvalue weighted by molar-refractivity contribution is 5.91. The average molecular weight is 411 g/mol. The van der Waals surface area contributed by atoms with E-state index in [1.54, 1.807) is 0 Å². The first-order valence-corrected chi connectivity index (χ1v) is 10.6. The van der Waals surface area contributed by atoms with Crippen LogP contribution in [-0.2, 0) is 16.0 Å². The molecule has 6 heteroatoms. The first-order valence-electron chi connectivity index (χ1n) is 10.6. The van der Waals surface area contributed by atoms with E-state index in [4.69, 9.17) is 9.84 Å². The summed E-state index contributed by atoms with van der Waals surface area (Å²) in [4.78, 5) is 25.8. The summed E-state index contributed by atoms with van der Waals surface area (Å²) < 4.78 is 5.68. The number of carboxylic acid groups (broad SMARTS) is 1. The molecule has 1 amide bonds. The fraction of sp³-hybridized carbons (Fsp3) is 0.417. The standard InChI is InChI=1S/C24H30N2O4/c1-2-26-15-13-20(14-16-26)30-24(29)25-22-17-18(7-6-10-23(27)28)11-12-21(22)19-8-4-3-5-9-19/h3-5,8-9,11-12,17,20H,2,6-7,10,13-16H2,1H3,(H,25,29)(H,27,28). The van der Waals surface area contributed by atoms with E-state index >= 15 is 0 Å². The topological polar surface area (TPSA) is 78.9 Å². The van der Waals surface area contributed by atoms with Crippen LogP contribution in [0.15, 0.2) is 48.5 Å². The van der Waals surface area contributed by atoms with E-state index in [1.807, 2.05) is 48.5 Å². The lowest BCUT2D eigenvalue weighted by Gasteiger charge is -2.30. The molecule has 0 spiro atoms. The Balaban J connectivity index is 1.71. The monoisotopic (exact) mass is 410 g/mol. The van der Waals surface area contributed by atoms with E-state index < -0.39 is 12.1 Å². The highest BCUT2D eigenvalue weighted by Gasteiger charge is 2.22. The molecule has 2 N–H and O–H groups in total. The Morgan fingerprint density at radius 2 is 1.87 bits per heavy atom. The quantitative estimate of drug-likeness (QED) is 0.654. The summed E-state index contributed by atoms with van der Waals surface area (Å²) in [5, 5.41) is 11.8. The fourth-order valence-corrected chi connectivity index (χ4v) is 3.80. The lowest BCUT2D eigenvalue weighted by molar-refractivity contribution is -0.137. The van der Waals surface area contributed by atoms with Crippen molar-refractivity contribution in [3.63, 3.8) is 0 Å². The fourth-order valence-electron chi connectivity index (χ4n) is 3.80. The summed E-state index contributed by atoms with van der Waals surface area (Å²) in [6.07, 6.45) is 2.52. The van der Waals surface area contributed by atoms with E-state index in [9.17, 15) is 9.59 Å². The van der Waals surface area contributed by atoms with Gasteiger partial charge in [-0.25, -0.2) is 4.79 Å². The number of nitrogens with zero attached hydrogens (tertiary/aromatic N) is 1. The molecule has 3 rings (SSSR count). The maximum absolute atomic E-state index is 12.6. The second-order valence-corrected chi connectivity index (χ2v) is 7.66. The summed E-state index contributed by atoms with van der Waals surface area (Å²) in [7, 11) is 0. The van der Waals surface area contributed by atoms with Crippen molar-refractivity contribution in [2.24, 2.45) is 0 Å². The van der Waals surface area contributed by atoms with Crippen molar-refractivity contribution in [3.8, 4) is 11.1 Å². The van der Waals surface area contributed by atoms with Crippen molar-refractivity contribution in [3.05, 3.63) is 54.1 Å². The minimum absolute atomic E-state index is 0.0632. The number of carbonyl (C=O) groups excluding carboxylic acids is 1. The first-order chi connectivity index (χ1) is 14.5. The number of benzene rings is 2. The van der Waals surface area contributed by atoms with Gasteiger partial charge < -0.3 is 14.7 Å². The summed E-state index contributed by atoms with van der Waals surface area (Å²) >= 11 is 0. The first kappa shape index (κ1) is 21.8. The molecule has 1 aliphatic rings. The highest BCUT2D eigenvalue weighted by Crippen LogP contribution is 2.30. The molecule has 2 aromatic rings. The van der Waals surface area contributed by atoms with Gasteiger partial charge in [0.2, 0.25) is 0 Å². The molecule has 1 fully saturated rings. The molecule has 2 aromatic carbocycles. The Bertz CT molecular complexity index is 846. The molecule has 0 atom stereocenters. The molecule has 0 aliphatic carbocycles. The number of hydrogen-bond donors (Lipinski definition) is 2. The normalized spacial score (nSPS) is 15.0. The second kappa shape index (κ2) is 10.8. The Labute approximate surface area is 177 Å². The van der Waals surface area contributed by atoms with Crippen molar-refractivity contribution in [1.82, 2.24) is 4.90 Å². The number of aryl methyl sites for hydroxylation is 1. The molecule has 0 unspecified atom stereocenters. The molecular formula is C24H30N2O4. The van der Waals surface area contributed by atoms with E-state index in [1.165, 1.54) is 0 Å². The van der Waals surface area contributed by atoms with Crippen LogP contribution in [-0.4, -0.2) is 47.8 Å². The SMILES string of the molecule is CCN1CCC(OC(=O)Nc2cc(CCCC(=O)O)ccc2-c2ccccc2)CC1. The molecule has 1 heterocycles. The molecule has 0 aromatic heterocycles. The number of ether oxygens (including phenoxy) is 1. The van der Waals surface area contributed by atoms with Gasteiger partial charge in [0.05, 0.1) is 5.69 Å². The Morgan fingerprint density at radius 3 is 2.53 bits per heavy atom. The molecule has 6 nitrogen and oxygen atoms in total. The lowest BCUT2D eigenvalue weighted by atomic mass is 9.99. The van der Waals surface area contributed by atoms with Crippen molar-refractivity contribution < 1.29 is 19.4 Å². The molecule has 30 heavy (non-hydrogen) atoms. The summed E-state index contributed by atoms with van der Waals surface area (Å²) in [6, 6.07) is 15.7. The second-order valence-electron chi connectivity index (χ2n) is 7.66. The number of amides is 1. The number of anilines is 1. The van der Waals surface area contributed by atoms with Crippen LogP contribution in [0, 0.1) is 0 Å². The number of nitrogens with one attached hydrogen (secondary N) is 1. The zero-order chi connectivity index (χ0) is 21.3. The molecule has 0 radical (unpaired) electrons. The van der Waals surface area contributed by atoms with Gasteiger partial charge in [0.1, 0.15) is 6.10 Å². The van der Waals surface area contributed by atoms with Crippen LogP contribution in [0.4, 0.5) is 10.5 Å². The van der Waals surface area contributed by atoms with E-state index in [2.05, 4.69) is 17.1 Å². The van der Waals surface area contributed by atoms with Gasteiger partial charge in [-0.05, 0) is 49.4 Å². The minimum Gasteiger partial charge on any atom is -0.481 e. The summed E-state index contributed by atoms with van der Waals surface area (Å²) in [6.45, 7) is 5.06. The molecular weight excluding hydrogens is 380 g/mol. The van der Waals surface area contributed by atoms with Crippen LogP contribution >= 0.6 is 0 Å². The van der Waals surface area contributed by atoms with Gasteiger partial charge in [-0.2, -0.15) is 0 Å². The third kappa shape index (κ3) is 6.32. The predicted octanol–water partition coefficient (Wildman–Crippen LogP) is 4.79. The van der Waals surface area contributed by atoms with Crippen LogP contribution in [0.3, 0.4) is 0 Å². The van der Waals surface area contributed by atoms with E-state index in [0.717, 1.165) is 49.2 Å². The predicted molar refractivity (Wildman–Crippen MR) is 118 cm³/mol. The van der Waals surface area contributed by atoms with Crippen LogP contribution < -0.4 is 5.32 Å². The Hall–Kier alpha value is -2.86. The molecule has 0 bridgehead atoms. The summed E-state index contributed by atoms with van der Waals surface area (Å²) in [5.41, 5.74) is 3.59. The van der Waals surface area contributed by atoms with Gasteiger partial charge >= 0.3 is 12.1 Å².